The van der Waals surface area contributed by atoms with Crippen molar-refractivity contribution in [1.82, 2.24) is 15.5 Å². The molecule has 3 amide bonds. The molecule has 132 valence electrons. The minimum atomic E-state index is -4.46. The molecule has 8 heteroatoms. The van der Waals surface area contributed by atoms with Crippen molar-refractivity contribution >= 4 is 11.9 Å². The Hall–Kier alpha value is -2.25. The Kier molecular flexibility index (Phi) is 5.69. The topological polar surface area (TPSA) is 61.4 Å². The number of amides is 3. The summed E-state index contributed by atoms with van der Waals surface area (Å²) in [6.07, 6.45) is -3.58. The molecule has 0 spiro atoms. The fourth-order valence-electron chi connectivity index (χ4n) is 2.64. The van der Waals surface area contributed by atoms with E-state index < -0.39 is 17.8 Å². The average Bonchev–Trinajstić information content (AvgIpc) is 2.84. The molecule has 1 aliphatic heterocycles. The van der Waals surface area contributed by atoms with Crippen LogP contribution in [0.5, 0.6) is 0 Å². The third kappa shape index (κ3) is 4.62. The van der Waals surface area contributed by atoms with Crippen molar-refractivity contribution in [1.29, 1.82) is 0 Å². The number of rotatable bonds is 5. The smallest absolute Gasteiger partial charge is 0.338 e. The van der Waals surface area contributed by atoms with Gasteiger partial charge in [0.15, 0.2) is 0 Å². The van der Waals surface area contributed by atoms with Crippen LogP contribution in [0, 0.1) is 0 Å². The third-order valence-electron chi connectivity index (χ3n) is 3.77. The monoisotopic (exact) mass is 343 g/mol. The molecule has 24 heavy (non-hydrogen) atoms. The molecule has 0 bridgehead atoms. The van der Waals surface area contributed by atoms with Crippen LogP contribution in [0.15, 0.2) is 24.3 Å². The van der Waals surface area contributed by atoms with Crippen LogP contribution in [-0.4, -0.2) is 36.0 Å². The molecule has 1 aromatic rings. The normalized spacial score (nSPS) is 17.9. The molecule has 2 N–H and O–H groups in total. The highest BCUT2D eigenvalue weighted by Gasteiger charge is 2.35. The third-order valence-corrected chi connectivity index (χ3v) is 3.77. The highest BCUT2D eigenvalue weighted by atomic mass is 19.4. The van der Waals surface area contributed by atoms with Gasteiger partial charge >= 0.3 is 12.2 Å². The molecule has 0 aromatic heterocycles. The van der Waals surface area contributed by atoms with Crippen LogP contribution in [0.4, 0.5) is 18.0 Å². The van der Waals surface area contributed by atoms with Crippen molar-refractivity contribution in [2.75, 3.05) is 13.1 Å². The highest BCUT2D eigenvalue weighted by Crippen LogP contribution is 2.32. The number of nitrogens with one attached hydrogen (secondary N) is 2. The van der Waals surface area contributed by atoms with Gasteiger partial charge in [0.1, 0.15) is 0 Å². The van der Waals surface area contributed by atoms with Gasteiger partial charge in [-0.15, -0.1) is 0 Å². The molecule has 5 nitrogen and oxygen atoms in total. The Morgan fingerprint density at radius 2 is 2.04 bits per heavy atom. The summed E-state index contributed by atoms with van der Waals surface area (Å²) in [5, 5.41) is 5.31. The van der Waals surface area contributed by atoms with Crippen LogP contribution in [-0.2, 0) is 17.5 Å². The number of halogens is 3. The molecule has 1 aliphatic rings. The molecule has 0 unspecified atom stereocenters. The SMILES string of the molecule is CCCNC(=O)N[C@H]1CC(=O)N(Cc2ccccc2C(F)(F)F)C1. The van der Waals surface area contributed by atoms with Gasteiger partial charge in [0.2, 0.25) is 5.91 Å². The number of likely N-dealkylation sites (tertiary alicyclic amines) is 1. The van der Waals surface area contributed by atoms with Gasteiger partial charge in [0, 0.05) is 26.1 Å². The van der Waals surface area contributed by atoms with Gasteiger partial charge in [-0.3, -0.25) is 4.79 Å². The second-order valence-corrected chi connectivity index (χ2v) is 5.73. The van der Waals surface area contributed by atoms with Crippen LogP contribution in [0.25, 0.3) is 0 Å². The first kappa shape index (κ1) is 18.1. The van der Waals surface area contributed by atoms with Gasteiger partial charge in [-0.2, -0.15) is 13.2 Å². The van der Waals surface area contributed by atoms with E-state index in [9.17, 15) is 22.8 Å². The van der Waals surface area contributed by atoms with Crippen molar-refractivity contribution in [3.63, 3.8) is 0 Å². The quantitative estimate of drug-likeness (QED) is 0.863. The standard InChI is InChI=1S/C16H20F3N3O2/c1-2-7-20-15(24)21-12-8-14(23)22(10-12)9-11-5-3-4-6-13(11)16(17,18)19/h3-6,12H,2,7-10H2,1H3,(H2,20,21,24)/t12-/m0/s1. The molecule has 0 saturated carbocycles. The number of alkyl halides is 3. The molecule has 1 saturated heterocycles. The van der Waals surface area contributed by atoms with Crippen LogP contribution in [0.3, 0.4) is 0 Å². The van der Waals surface area contributed by atoms with Gasteiger partial charge in [-0.1, -0.05) is 25.1 Å². The lowest BCUT2D eigenvalue weighted by Gasteiger charge is -2.20. The highest BCUT2D eigenvalue weighted by molar-refractivity contribution is 5.81. The fraction of sp³-hybridized carbons (Fsp3) is 0.500. The maximum absolute atomic E-state index is 13.0. The van der Waals surface area contributed by atoms with E-state index in [1.54, 1.807) is 0 Å². The minimum Gasteiger partial charge on any atom is -0.338 e. The molecular formula is C16H20F3N3O2. The molecule has 2 rings (SSSR count). The Balaban J connectivity index is 2.00. The summed E-state index contributed by atoms with van der Waals surface area (Å²) in [6, 6.07) is 4.44. The van der Waals surface area contributed by atoms with E-state index in [0.29, 0.717) is 6.54 Å². The van der Waals surface area contributed by atoms with Gasteiger partial charge in [-0.25, -0.2) is 4.79 Å². The predicted molar refractivity (Wildman–Crippen MR) is 82.1 cm³/mol. The van der Waals surface area contributed by atoms with Crippen LogP contribution in [0.2, 0.25) is 0 Å². The summed E-state index contributed by atoms with van der Waals surface area (Å²) >= 11 is 0. The van der Waals surface area contributed by atoms with Gasteiger partial charge in [0.25, 0.3) is 0 Å². The van der Waals surface area contributed by atoms with E-state index in [-0.39, 0.29) is 37.0 Å². The molecule has 0 radical (unpaired) electrons. The van der Waals surface area contributed by atoms with Crippen molar-refractivity contribution in [3.8, 4) is 0 Å². The van der Waals surface area contributed by atoms with Crippen LogP contribution in [0.1, 0.15) is 30.9 Å². The van der Waals surface area contributed by atoms with Gasteiger partial charge < -0.3 is 15.5 Å². The van der Waals surface area contributed by atoms with Crippen LogP contribution >= 0.6 is 0 Å². The molecule has 1 aromatic carbocycles. The first-order chi connectivity index (χ1) is 11.3. The van der Waals surface area contributed by atoms with E-state index in [1.165, 1.54) is 23.1 Å². The number of carbonyl (C=O) groups is 2. The number of nitrogens with zero attached hydrogens (tertiary/aromatic N) is 1. The van der Waals surface area contributed by atoms with E-state index >= 15 is 0 Å². The van der Waals surface area contributed by atoms with Gasteiger partial charge in [-0.05, 0) is 18.1 Å². The Labute approximate surface area is 138 Å². The zero-order chi connectivity index (χ0) is 17.7. The summed E-state index contributed by atoms with van der Waals surface area (Å²) in [7, 11) is 0. The number of hydrogen-bond donors (Lipinski definition) is 2. The Morgan fingerprint density at radius 1 is 1.33 bits per heavy atom. The summed E-state index contributed by atoms with van der Waals surface area (Å²) < 4.78 is 39.1. The number of urea groups is 1. The summed E-state index contributed by atoms with van der Waals surface area (Å²) in [5.74, 6) is -0.271. The van der Waals surface area contributed by atoms with E-state index in [2.05, 4.69) is 10.6 Å². The van der Waals surface area contributed by atoms with E-state index in [1.807, 2.05) is 6.92 Å². The summed E-state index contributed by atoms with van der Waals surface area (Å²) in [4.78, 5) is 25.0. The van der Waals surface area contributed by atoms with Crippen LogP contribution < -0.4 is 10.6 Å². The number of carbonyl (C=O) groups excluding carboxylic acids is 2. The second kappa shape index (κ2) is 7.55. The molecule has 1 atom stereocenters. The first-order valence-corrected chi connectivity index (χ1v) is 7.78. The molecule has 1 fully saturated rings. The Bertz CT molecular complexity index is 604. The van der Waals surface area contributed by atoms with E-state index in [0.717, 1.165) is 12.5 Å². The Morgan fingerprint density at radius 3 is 2.71 bits per heavy atom. The lowest BCUT2D eigenvalue weighted by atomic mass is 10.1. The first-order valence-electron chi connectivity index (χ1n) is 7.78. The van der Waals surface area contributed by atoms with Crippen molar-refractivity contribution in [3.05, 3.63) is 35.4 Å². The van der Waals surface area contributed by atoms with Gasteiger partial charge in [0.05, 0.1) is 11.6 Å². The average molecular weight is 343 g/mol. The number of hydrogen-bond acceptors (Lipinski definition) is 2. The van der Waals surface area contributed by atoms with Crippen molar-refractivity contribution in [2.45, 2.75) is 38.5 Å². The summed E-state index contributed by atoms with van der Waals surface area (Å²) in [5.41, 5.74) is -0.690. The molecule has 0 aliphatic carbocycles. The lowest BCUT2D eigenvalue weighted by Crippen LogP contribution is -2.43. The summed E-state index contributed by atoms with van der Waals surface area (Å²) in [6.45, 7) is 2.52. The zero-order valence-corrected chi connectivity index (χ0v) is 13.3. The number of benzene rings is 1. The minimum absolute atomic E-state index is 0.0504. The molecule has 1 heterocycles. The fourth-order valence-corrected chi connectivity index (χ4v) is 2.64. The van der Waals surface area contributed by atoms with Crippen molar-refractivity contribution < 1.29 is 22.8 Å². The predicted octanol–water partition coefficient (Wildman–Crippen LogP) is 2.52. The largest absolute Gasteiger partial charge is 0.416 e. The lowest BCUT2D eigenvalue weighted by molar-refractivity contribution is -0.139. The second-order valence-electron chi connectivity index (χ2n) is 5.73. The zero-order valence-electron chi connectivity index (χ0n) is 13.3. The molecular weight excluding hydrogens is 323 g/mol. The van der Waals surface area contributed by atoms with E-state index in [4.69, 9.17) is 0 Å². The maximum atomic E-state index is 13.0. The van der Waals surface area contributed by atoms with Crippen molar-refractivity contribution in [2.24, 2.45) is 0 Å². The maximum Gasteiger partial charge on any atom is 0.416 e.